The number of hydrogen-bond acceptors (Lipinski definition) is 5. The summed E-state index contributed by atoms with van der Waals surface area (Å²) in [4.78, 5) is 12.3. The lowest BCUT2D eigenvalue weighted by Gasteiger charge is -2.28. The van der Waals surface area contributed by atoms with Gasteiger partial charge in [0.2, 0.25) is 0 Å². The van der Waals surface area contributed by atoms with Gasteiger partial charge in [0.25, 0.3) is 0 Å². The van der Waals surface area contributed by atoms with Crippen LogP contribution in [0.5, 0.6) is 0 Å². The highest BCUT2D eigenvalue weighted by atomic mass is 28.3. The second-order valence-electron chi connectivity index (χ2n) is 7.79. The van der Waals surface area contributed by atoms with Crippen molar-refractivity contribution in [1.82, 2.24) is 5.32 Å². The molecule has 0 saturated heterocycles. The first-order chi connectivity index (χ1) is 12.0. The van der Waals surface area contributed by atoms with Crippen molar-refractivity contribution >= 4 is 26.7 Å². The Hall–Kier alpha value is -1.35. The Morgan fingerprint density at radius 2 is 1.85 bits per heavy atom. The van der Waals surface area contributed by atoms with E-state index in [4.69, 9.17) is 9.47 Å². The van der Waals surface area contributed by atoms with Crippen LogP contribution in [-0.4, -0.2) is 50.3 Å². The zero-order valence-electron chi connectivity index (χ0n) is 16.7. The van der Waals surface area contributed by atoms with Crippen LogP contribution in [0.2, 0.25) is 25.7 Å². The van der Waals surface area contributed by atoms with E-state index in [9.17, 15) is 14.8 Å². The third-order valence-electron chi connectivity index (χ3n) is 4.03. The molecule has 1 aromatic rings. The van der Waals surface area contributed by atoms with Crippen molar-refractivity contribution in [3.05, 3.63) is 29.8 Å². The molecule has 0 heterocycles. The van der Waals surface area contributed by atoms with Crippen LogP contribution >= 0.6 is 0 Å². The van der Waals surface area contributed by atoms with Crippen molar-refractivity contribution in [2.75, 3.05) is 6.61 Å². The topological polar surface area (TPSA) is 88.0 Å². The van der Waals surface area contributed by atoms with Gasteiger partial charge in [-0.3, -0.25) is 5.32 Å². The van der Waals surface area contributed by atoms with E-state index in [2.05, 4.69) is 25.0 Å². The highest BCUT2D eigenvalue weighted by Crippen LogP contribution is 2.20. The standard InChI is InChI=1S/C18H32BNO5Si/c1-7-24-17(20-18(21)25-13(2)12-26(4,5)6)14(3)15-10-8-9-11-16(15)19(22)23/h8-11,13-14,17,22-23H,7,12H2,1-6H3,(H,20,21)/t13?,14?,17-/m1/s1. The van der Waals surface area contributed by atoms with Gasteiger partial charge in [-0.2, -0.15) is 0 Å². The fourth-order valence-electron chi connectivity index (χ4n) is 3.05. The lowest BCUT2D eigenvalue weighted by atomic mass is 9.74. The number of carbonyl (C=O) groups excluding carboxylic acids is 1. The van der Waals surface area contributed by atoms with E-state index in [0.717, 1.165) is 6.04 Å². The SMILES string of the molecule is CCO[C@@H](NC(=O)OC(C)C[Si](C)(C)C)C(C)c1ccccc1B(O)O. The molecule has 6 nitrogen and oxygen atoms in total. The first kappa shape index (κ1) is 22.7. The minimum atomic E-state index is -1.58. The van der Waals surface area contributed by atoms with Crippen molar-refractivity contribution < 1.29 is 24.3 Å². The molecule has 1 amide bonds. The van der Waals surface area contributed by atoms with Crippen LogP contribution in [0.25, 0.3) is 0 Å². The second-order valence-corrected chi connectivity index (χ2v) is 13.3. The third-order valence-corrected chi connectivity index (χ3v) is 5.83. The number of hydrogen-bond donors (Lipinski definition) is 3. The summed E-state index contributed by atoms with van der Waals surface area (Å²) in [6.07, 6.45) is -1.32. The Morgan fingerprint density at radius 3 is 2.38 bits per heavy atom. The molecule has 0 aliphatic carbocycles. The van der Waals surface area contributed by atoms with Gasteiger partial charge in [-0.25, -0.2) is 4.79 Å². The summed E-state index contributed by atoms with van der Waals surface area (Å²) in [5, 5.41) is 21.9. The number of benzene rings is 1. The van der Waals surface area contributed by atoms with Crippen LogP contribution in [-0.2, 0) is 9.47 Å². The Balaban J connectivity index is 2.84. The van der Waals surface area contributed by atoms with Crippen LogP contribution in [0.1, 0.15) is 32.3 Å². The van der Waals surface area contributed by atoms with Gasteiger partial charge in [0, 0.05) is 20.6 Å². The maximum Gasteiger partial charge on any atom is 0.488 e. The Bertz CT molecular complexity index is 579. The molecular weight excluding hydrogens is 349 g/mol. The summed E-state index contributed by atoms with van der Waals surface area (Å²) in [5.74, 6) is -0.284. The quantitative estimate of drug-likeness (QED) is 0.451. The van der Waals surface area contributed by atoms with Gasteiger partial charge >= 0.3 is 13.2 Å². The van der Waals surface area contributed by atoms with Gasteiger partial charge in [-0.15, -0.1) is 0 Å². The van der Waals surface area contributed by atoms with Gasteiger partial charge in [-0.05, 0) is 30.9 Å². The van der Waals surface area contributed by atoms with E-state index < -0.39 is 27.5 Å². The number of carbonyl (C=O) groups is 1. The highest BCUT2D eigenvalue weighted by Gasteiger charge is 2.28. The largest absolute Gasteiger partial charge is 0.488 e. The van der Waals surface area contributed by atoms with Crippen LogP contribution in [0.4, 0.5) is 4.79 Å². The van der Waals surface area contributed by atoms with Gasteiger partial charge in [0.15, 0.2) is 0 Å². The molecule has 2 unspecified atom stereocenters. The van der Waals surface area contributed by atoms with Gasteiger partial charge in [-0.1, -0.05) is 50.8 Å². The number of amides is 1. The lowest BCUT2D eigenvalue weighted by molar-refractivity contribution is 0.0153. The first-order valence-electron chi connectivity index (χ1n) is 9.09. The molecule has 26 heavy (non-hydrogen) atoms. The van der Waals surface area contributed by atoms with Crippen LogP contribution < -0.4 is 10.8 Å². The molecule has 0 radical (unpaired) electrons. The molecule has 3 atom stereocenters. The molecule has 0 bridgehead atoms. The maximum absolute atomic E-state index is 12.3. The van der Waals surface area contributed by atoms with E-state index >= 15 is 0 Å². The molecule has 0 aliphatic rings. The second kappa shape index (κ2) is 10.1. The fourth-order valence-corrected chi connectivity index (χ4v) is 4.86. The van der Waals surface area contributed by atoms with Crippen LogP contribution in [0.15, 0.2) is 24.3 Å². The van der Waals surface area contributed by atoms with Crippen molar-refractivity contribution in [3.8, 4) is 0 Å². The first-order valence-corrected chi connectivity index (χ1v) is 12.8. The third kappa shape index (κ3) is 7.49. The molecule has 3 N–H and O–H groups in total. The number of rotatable bonds is 9. The number of ether oxygens (including phenoxy) is 2. The monoisotopic (exact) mass is 381 g/mol. The predicted octanol–water partition coefficient (Wildman–Crippen LogP) is 2.29. The maximum atomic E-state index is 12.3. The normalized spacial score (nSPS) is 15.1. The van der Waals surface area contributed by atoms with E-state index in [-0.39, 0.29) is 12.0 Å². The summed E-state index contributed by atoms with van der Waals surface area (Å²) in [7, 11) is -2.91. The summed E-state index contributed by atoms with van der Waals surface area (Å²) in [6, 6.07) is 7.88. The van der Waals surface area contributed by atoms with E-state index in [1.54, 1.807) is 18.2 Å². The van der Waals surface area contributed by atoms with Crippen molar-refractivity contribution in [2.45, 2.75) is 64.7 Å². The van der Waals surface area contributed by atoms with Crippen molar-refractivity contribution in [3.63, 3.8) is 0 Å². The number of alkyl carbamates (subject to hydrolysis) is 1. The summed E-state index contributed by atoms with van der Waals surface area (Å²) in [6.45, 7) is 12.7. The van der Waals surface area contributed by atoms with E-state index in [0.29, 0.717) is 17.6 Å². The molecule has 0 saturated carbocycles. The minimum Gasteiger partial charge on any atom is -0.447 e. The molecular formula is C18H32BNO5Si. The summed E-state index contributed by atoms with van der Waals surface area (Å²) in [5.41, 5.74) is 1.10. The summed E-state index contributed by atoms with van der Waals surface area (Å²) < 4.78 is 11.2. The lowest BCUT2D eigenvalue weighted by Crippen LogP contribution is -2.44. The minimum absolute atomic E-state index is 0.161. The van der Waals surface area contributed by atoms with E-state index in [1.165, 1.54) is 0 Å². The zero-order chi connectivity index (χ0) is 19.9. The summed E-state index contributed by atoms with van der Waals surface area (Å²) >= 11 is 0. The Morgan fingerprint density at radius 1 is 1.23 bits per heavy atom. The Kier molecular flexibility index (Phi) is 8.82. The average Bonchev–Trinajstić information content (AvgIpc) is 2.51. The average molecular weight is 381 g/mol. The number of nitrogens with one attached hydrogen (secondary N) is 1. The van der Waals surface area contributed by atoms with Crippen molar-refractivity contribution in [2.24, 2.45) is 0 Å². The zero-order valence-corrected chi connectivity index (χ0v) is 17.7. The van der Waals surface area contributed by atoms with Crippen LogP contribution in [0, 0.1) is 0 Å². The predicted molar refractivity (Wildman–Crippen MR) is 107 cm³/mol. The molecule has 0 aliphatic heterocycles. The van der Waals surface area contributed by atoms with Gasteiger partial charge in [0.1, 0.15) is 6.23 Å². The molecule has 1 rings (SSSR count). The van der Waals surface area contributed by atoms with E-state index in [1.807, 2.05) is 26.8 Å². The van der Waals surface area contributed by atoms with Crippen molar-refractivity contribution in [1.29, 1.82) is 0 Å². The molecule has 0 aromatic heterocycles. The van der Waals surface area contributed by atoms with Gasteiger partial charge in [0.05, 0.1) is 6.10 Å². The highest BCUT2D eigenvalue weighted by molar-refractivity contribution is 6.76. The Labute approximate surface area is 158 Å². The molecule has 0 spiro atoms. The fraction of sp³-hybridized carbons (Fsp3) is 0.611. The van der Waals surface area contributed by atoms with Crippen LogP contribution in [0.3, 0.4) is 0 Å². The smallest absolute Gasteiger partial charge is 0.447 e. The molecule has 8 heteroatoms. The van der Waals surface area contributed by atoms with Gasteiger partial charge < -0.3 is 19.5 Å². The molecule has 146 valence electrons. The molecule has 1 aromatic carbocycles. The molecule has 0 fully saturated rings.